The first-order valence-electron chi connectivity index (χ1n) is 11.4. The van der Waals surface area contributed by atoms with Crippen LogP contribution in [-0.2, 0) is 24.3 Å². The average Bonchev–Trinajstić information content (AvgIpc) is 3.12. The van der Waals surface area contributed by atoms with Crippen LogP contribution in [0.3, 0.4) is 0 Å². The SMILES string of the molecule is Cc1cc(C2=NCc3cc4c(cc32)CN([C@@H]2CCCN(CC(F)(F)F)C2)C(=O)C4)cc(C)n1. The molecule has 0 unspecified atom stereocenters. The second kappa shape index (κ2) is 8.24. The predicted octanol–water partition coefficient (Wildman–Crippen LogP) is 3.96. The normalized spacial score (nSPS) is 21.1. The highest BCUT2D eigenvalue weighted by Gasteiger charge is 2.37. The molecule has 4 heterocycles. The highest BCUT2D eigenvalue weighted by molar-refractivity contribution is 6.15. The Morgan fingerprint density at radius 3 is 2.55 bits per heavy atom. The Bertz CT molecular complexity index is 1120. The molecule has 1 aromatic carbocycles. The monoisotopic (exact) mass is 456 g/mol. The summed E-state index contributed by atoms with van der Waals surface area (Å²) in [6.07, 6.45) is -2.52. The number of nitrogens with zero attached hydrogens (tertiary/aromatic N) is 4. The van der Waals surface area contributed by atoms with Gasteiger partial charge in [-0.3, -0.25) is 19.7 Å². The lowest BCUT2D eigenvalue weighted by Gasteiger charge is -2.41. The molecule has 3 aliphatic heterocycles. The summed E-state index contributed by atoms with van der Waals surface area (Å²) in [5.41, 5.74) is 8.14. The number of amides is 1. The Morgan fingerprint density at radius 1 is 1.06 bits per heavy atom. The van der Waals surface area contributed by atoms with E-state index < -0.39 is 12.7 Å². The lowest BCUT2D eigenvalue weighted by atomic mass is 9.89. The number of likely N-dealkylation sites (tertiary alicyclic amines) is 1. The van der Waals surface area contributed by atoms with E-state index in [4.69, 9.17) is 4.99 Å². The first-order valence-corrected chi connectivity index (χ1v) is 11.4. The molecule has 0 saturated carbocycles. The van der Waals surface area contributed by atoms with Crippen molar-refractivity contribution in [2.24, 2.45) is 4.99 Å². The minimum absolute atomic E-state index is 0.000769. The highest BCUT2D eigenvalue weighted by atomic mass is 19.4. The van der Waals surface area contributed by atoms with Crippen LogP contribution in [-0.4, -0.2) is 58.3 Å². The first-order chi connectivity index (χ1) is 15.7. The Labute approximate surface area is 191 Å². The second-order valence-corrected chi connectivity index (χ2v) is 9.43. The van der Waals surface area contributed by atoms with Crippen molar-refractivity contribution in [2.45, 2.75) is 58.4 Å². The van der Waals surface area contributed by atoms with E-state index in [2.05, 4.69) is 17.1 Å². The largest absolute Gasteiger partial charge is 0.401 e. The molecule has 33 heavy (non-hydrogen) atoms. The molecule has 1 saturated heterocycles. The second-order valence-electron chi connectivity index (χ2n) is 9.43. The molecule has 2 aromatic rings. The standard InChI is InChI=1S/C25H27F3N4O/c1-15-6-18(7-16(2)30-15)24-22-9-20-12-32(23(33)10-17(20)8-19(22)11-29-24)21-4-3-5-31(13-21)14-25(26,27)28/h6-9,21H,3-5,10-14H2,1-2H3/t21-/m1/s1. The van der Waals surface area contributed by atoms with E-state index in [9.17, 15) is 18.0 Å². The van der Waals surface area contributed by atoms with Gasteiger partial charge in [-0.15, -0.1) is 0 Å². The molecule has 0 N–H and O–H groups in total. The molecule has 5 rings (SSSR count). The van der Waals surface area contributed by atoms with Gasteiger partial charge in [0.25, 0.3) is 0 Å². The van der Waals surface area contributed by atoms with Gasteiger partial charge in [0.2, 0.25) is 5.91 Å². The fraction of sp³-hybridized carbons (Fsp3) is 0.480. The molecule has 0 bridgehead atoms. The van der Waals surface area contributed by atoms with Crippen molar-refractivity contribution in [1.29, 1.82) is 0 Å². The Balaban J connectivity index is 1.40. The number of hydrogen-bond acceptors (Lipinski definition) is 4. The van der Waals surface area contributed by atoms with Gasteiger partial charge in [0.1, 0.15) is 0 Å². The summed E-state index contributed by atoms with van der Waals surface area (Å²) >= 11 is 0. The van der Waals surface area contributed by atoms with Gasteiger partial charge < -0.3 is 4.90 Å². The number of aromatic nitrogens is 1. The van der Waals surface area contributed by atoms with E-state index in [1.54, 1.807) is 4.90 Å². The number of piperidine rings is 1. The molecule has 0 spiro atoms. The van der Waals surface area contributed by atoms with Gasteiger partial charge in [-0.1, -0.05) is 6.07 Å². The molecule has 0 radical (unpaired) electrons. The quantitative estimate of drug-likeness (QED) is 0.703. The molecule has 0 aliphatic carbocycles. The van der Waals surface area contributed by atoms with Crippen molar-refractivity contribution in [3.63, 3.8) is 0 Å². The van der Waals surface area contributed by atoms with Crippen LogP contribution in [0.15, 0.2) is 29.3 Å². The summed E-state index contributed by atoms with van der Waals surface area (Å²) in [5.74, 6) is 0.000769. The summed E-state index contributed by atoms with van der Waals surface area (Å²) in [6.45, 7) is 4.74. The fourth-order valence-corrected chi connectivity index (χ4v) is 5.42. The van der Waals surface area contributed by atoms with Gasteiger partial charge in [0.05, 0.1) is 25.2 Å². The van der Waals surface area contributed by atoms with Crippen LogP contribution in [0.5, 0.6) is 0 Å². The zero-order chi connectivity index (χ0) is 23.3. The minimum Gasteiger partial charge on any atom is -0.334 e. The zero-order valence-corrected chi connectivity index (χ0v) is 18.9. The number of hydrogen-bond donors (Lipinski definition) is 0. The summed E-state index contributed by atoms with van der Waals surface area (Å²) in [4.78, 5) is 25.4. The molecule has 1 fully saturated rings. The van der Waals surface area contributed by atoms with Crippen LogP contribution in [0.4, 0.5) is 13.2 Å². The van der Waals surface area contributed by atoms with Gasteiger partial charge >= 0.3 is 6.18 Å². The summed E-state index contributed by atoms with van der Waals surface area (Å²) in [7, 11) is 0. The summed E-state index contributed by atoms with van der Waals surface area (Å²) in [6, 6.07) is 8.11. The molecule has 174 valence electrons. The van der Waals surface area contributed by atoms with Gasteiger partial charge in [0, 0.05) is 41.6 Å². The maximum absolute atomic E-state index is 13.0. The van der Waals surface area contributed by atoms with Crippen LogP contribution in [0.2, 0.25) is 0 Å². The number of pyridine rings is 1. The van der Waals surface area contributed by atoms with Crippen molar-refractivity contribution in [3.8, 4) is 0 Å². The van der Waals surface area contributed by atoms with Crippen LogP contribution in [0.25, 0.3) is 0 Å². The Kier molecular flexibility index (Phi) is 5.51. The third-order valence-electron chi connectivity index (χ3n) is 6.77. The molecule has 1 aromatic heterocycles. The van der Waals surface area contributed by atoms with Crippen molar-refractivity contribution in [1.82, 2.24) is 14.8 Å². The Morgan fingerprint density at radius 2 is 1.82 bits per heavy atom. The maximum Gasteiger partial charge on any atom is 0.401 e. The number of carbonyl (C=O) groups is 1. The number of alkyl halides is 3. The topological polar surface area (TPSA) is 48.8 Å². The number of aryl methyl sites for hydroxylation is 2. The minimum atomic E-state index is -4.22. The lowest BCUT2D eigenvalue weighted by molar-refractivity contribution is -0.152. The maximum atomic E-state index is 13.0. The number of halogens is 3. The van der Waals surface area contributed by atoms with Crippen molar-refractivity contribution < 1.29 is 18.0 Å². The third-order valence-corrected chi connectivity index (χ3v) is 6.77. The van der Waals surface area contributed by atoms with E-state index >= 15 is 0 Å². The molecular weight excluding hydrogens is 429 g/mol. The molecule has 1 amide bonds. The van der Waals surface area contributed by atoms with Gasteiger partial charge in [0.15, 0.2) is 0 Å². The smallest absolute Gasteiger partial charge is 0.334 e. The number of fused-ring (bicyclic) bond motifs is 2. The van der Waals surface area contributed by atoms with E-state index in [-0.39, 0.29) is 18.5 Å². The molecule has 3 aliphatic rings. The van der Waals surface area contributed by atoms with Crippen LogP contribution in [0, 0.1) is 13.8 Å². The predicted molar refractivity (Wildman–Crippen MR) is 119 cm³/mol. The van der Waals surface area contributed by atoms with E-state index in [1.165, 1.54) is 4.90 Å². The summed E-state index contributed by atoms with van der Waals surface area (Å²) < 4.78 is 38.7. The van der Waals surface area contributed by atoms with Gasteiger partial charge in [-0.25, -0.2) is 0 Å². The van der Waals surface area contributed by atoms with E-state index in [0.29, 0.717) is 32.5 Å². The molecule has 5 nitrogen and oxygen atoms in total. The zero-order valence-electron chi connectivity index (χ0n) is 18.9. The number of rotatable bonds is 3. The van der Waals surface area contributed by atoms with Gasteiger partial charge in [-0.05, 0) is 68.1 Å². The van der Waals surface area contributed by atoms with E-state index in [0.717, 1.165) is 51.3 Å². The summed E-state index contributed by atoms with van der Waals surface area (Å²) in [5, 5.41) is 0. The Hall–Kier alpha value is -2.74. The fourth-order valence-electron chi connectivity index (χ4n) is 5.42. The van der Waals surface area contributed by atoms with E-state index in [1.807, 2.05) is 26.0 Å². The molecule has 1 atom stereocenters. The highest BCUT2D eigenvalue weighted by Crippen LogP contribution is 2.32. The number of carbonyl (C=O) groups excluding carboxylic acids is 1. The van der Waals surface area contributed by atoms with Crippen molar-refractivity contribution in [2.75, 3.05) is 19.6 Å². The number of benzene rings is 1. The van der Waals surface area contributed by atoms with Crippen molar-refractivity contribution >= 4 is 11.6 Å². The first kappa shape index (κ1) is 22.1. The molecular formula is C25H27F3N4O. The average molecular weight is 457 g/mol. The van der Waals surface area contributed by atoms with Gasteiger partial charge in [-0.2, -0.15) is 13.2 Å². The third kappa shape index (κ3) is 4.53. The lowest BCUT2D eigenvalue weighted by Crippen LogP contribution is -2.53. The van der Waals surface area contributed by atoms with Crippen LogP contribution in [0.1, 0.15) is 52.0 Å². The number of aliphatic imine (C=N–C) groups is 1. The van der Waals surface area contributed by atoms with Crippen molar-refractivity contribution in [3.05, 3.63) is 63.5 Å². The van der Waals surface area contributed by atoms with Crippen LogP contribution < -0.4 is 0 Å². The van der Waals surface area contributed by atoms with Crippen LogP contribution >= 0.6 is 0 Å². The molecule has 8 heteroatoms.